The number of nitrogens with zero attached hydrogens (tertiary/aromatic N) is 2. The fraction of sp³-hybridized carbons (Fsp3) is 0.0769. The van der Waals surface area contributed by atoms with Crippen molar-refractivity contribution in [1.82, 2.24) is 0 Å². The normalized spacial score (nSPS) is 9.44. The van der Waals surface area contributed by atoms with Crippen LogP contribution in [0, 0.1) is 22.7 Å². The standard InChI is InChI=1S/C13H10N2O/c1-10(12(8-14)9-15)2-3-11-4-6-13(16)7-5-11/h2-7,16H,1H3. The van der Waals surface area contributed by atoms with E-state index in [0.29, 0.717) is 5.57 Å². The van der Waals surface area contributed by atoms with E-state index in [2.05, 4.69) is 0 Å². The highest BCUT2D eigenvalue weighted by Crippen LogP contribution is 2.12. The lowest BCUT2D eigenvalue weighted by Gasteiger charge is -1.94. The summed E-state index contributed by atoms with van der Waals surface area (Å²) >= 11 is 0. The first-order chi connectivity index (χ1) is 7.67. The number of benzene rings is 1. The molecule has 0 bridgehead atoms. The van der Waals surface area contributed by atoms with Gasteiger partial charge in [0.1, 0.15) is 23.5 Å². The summed E-state index contributed by atoms with van der Waals surface area (Å²) in [4.78, 5) is 0. The van der Waals surface area contributed by atoms with E-state index in [1.807, 2.05) is 12.1 Å². The van der Waals surface area contributed by atoms with E-state index in [4.69, 9.17) is 15.6 Å². The molecule has 1 rings (SSSR count). The Labute approximate surface area is 94.2 Å². The highest BCUT2D eigenvalue weighted by molar-refractivity contribution is 5.56. The van der Waals surface area contributed by atoms with Crippen molar-refractivity contribution < 1.29 is 5.11 Å². The van der Waals surface area contributed by atoms with Gasteiger partial charge >= 0.3 is 0 Å². The zero-order valence-electron chi connectivity index (χ0n) is 8.81. The number of phenols is 1. The fourth-order valence-electron chi connectivity index (χ4n) is 1.09. The Morgan fingerprint density at radius 3 is 2.25 bits per heavy atom. The smallest absolute Gasteiger partial charge is 0.132 e. The van der Waals surface area contributed by atoms with Crippen molar-refractivity contribution in [2.45, 2.75) is 6.92 Å². The second-order valence-electron chi connectivity index (χ2n) is 3.21. The van der Waals surface area contributed by atoms with Crippen LogP contribution < -0.4 is 0 Å². The SMILES string of the molecule is CC(C=Cc1ccc(O)cc1)=C(C#N)C#N. The summed E-state index contributed by atoms with van der Waals surface area (Å²) in [5.41, 5.74) is 1.63. The zero-order chi connectivity index (χ0) is 12.0. The molecule has 0 unspecified atom stereocenters. The third-order valence-electron chi connectivity index (χ3n) is 2.04. The summed E-state index contributed by atoms with van der Waals surface area (Å²) in [5, 5.41) is 26.3. The molecule has 0 atom stereocenters. The molecule has 0 aliphatic heterocycles. The third-order valence-corrected chi connectivity index (χ3v) is 2.04. The van der Waals surface area contributed by atoms with Gasteiger partial charge < -0.3 is 5.11 Å². The Bertz CT molecular complexity index is 494. The van der Waals surface area contributed by atoms with E-state index in [9.17, 15) is 0 Å². The molecule has 3 nitrogen and oxygen atoms in total. The Kier molecular flexibility index (Phi) is 3.89. The summed E-state index contributed by atoms with van der Waals surface area (Å²) in [7, 11) is 0. The summed E-state index contributed by atoms with van der Waals surface area (Å²) in [6, 6.07) is 10.3. The molecule has 16 heavy (non-hydrogen) atoms. The van der Waals surface area contributed by atoms with Crippen molar-refractivity contribution in [3.8, 4) is 17.9 Å². The first-order valence-corrected chi connectivity index (χ1v) is 4.65. The van der Waals surface area contributed by atoms with Gasteiger partial charge in [0, 0.05) is 0 Å². The minimum absolute atomic E-state index is 0.107. The van der Waals surface area contributed by atoms with Crippen LogP contribution in [0.2, 0.25) is 0 Å². The highest BCUT2D eigenvalue weighted by Gasteiger charge is 1.96. The number of aromatic hydroxyl groups is 1. The predicted octanol–water partition coefficient (Wildman–Crippen LogP) is 2.77. The number of allylic oxidation sites excluding steroid dienone is 3. The van der Waals surface area contributed by atoms with Crippen molar-refractivity contribution >= 4 is 6.08 Å². The van der Waals surface area contributed by atoms with Gasteiger partial charge in [-0.05, 0) is 30.2 Å². The van der Waals surface area contributed by atoms with Crippen LogP contribution in [-0.4, -0.2) is 5.11 Å². The third kappa shape index (κ3) is 3.01. The van der Waals surface area contributed by atoms with Gasteiger partial charge in [0.2, 0.25) is 0 Å². The van der Waals surface area contributed by atoms with Gasteiger partial charge in [0.25, 0.3) is 0 Å². The number of hydrogen-bond acceptors (Lipinski definition) is 3. The first-order valence-electron chi connectivity index (χ1n) is 4.65. The van der Waals surface area contributed by atoms with Crippen molar-refractivity contribution in [2.75, 3.05) is 0 Å². The monoisotopic (exact) mass is 210 g/mol. The van der Waals surface area contributed by atoms with Crippen molar-refractivity contribution in [2.24, 2.45) is 0 Å². The Balaban J connectivity index is 2.91. The van der Waals surface area contributed by atoms with Gasteiger partial charge in [-0.15, -0.1) is 0 Å². The lowest BCUT2D eigenvalue weighted by atomic mass is 10.1. The maximum atomic E-state index is 9.08. The number of hydrogen-bond donors (Lipinski definition) is 1. The van der Waals surface area contributed by atoms with E-state index in [1.54, 1.807) is 43.3 Å². The molecule has 0 saturated carbocycles. The number of nitriles is 2. The largest absolute Gasteiger partial charge is 0.508 e. The number of phenolic OH excluding ortho intramolecular Hbond substituents is 1. The van der Waals surface area contributed by atoms with Crippen LogP contribution in [0.3, 0.4) is 0 Å². The van der Waals surface area contributed by atoms with Crippen LogP contribution in [0.25, 0.3) is 6.08 Å². The molecule has 0 radical (unpaired) electrons. The summed E-state index contributed by atoms with van der Waals surface area (Å²) in [6.07, 6.45) is 3.48. The van der Waals surface area contributed by atoms with Crippen molar-refractivity contribution in [3.63, 3.8) is 0 Å². The molecule has 1 aromatic carbocycles. The first kappa shape index (κ1) is 11.6. The lowest BCUT2D eigenvalue weighted by Crippen LogP contribution is -1.78. The molecular weight excluding hydrogens is 200 g/mol. The molecule has 0 aliphatic rings. The molecular formula is C13H10N2O. The van der Waals surface area contributed by atoms with Gasteiger partial charge in [0.15, 0.2) is 0 Å². The van der Waals surface area contributed by atoms with Crippen LogP contribution in [-0.2, 0) is 0 Å². The van der Waals surface area contributed by atoms with E-state index in [-0.39, 0.29) is 11.3 Å². The molecule has 0 aromatic heterocycles. The summed E-state index contributed by atoms with van der Waals surface area (Å²) in [5.74, 6) is 0.208. The topological polar surface area (TPSA) is 67.8 Å². The molecule has 1 N–H and O–H groups in total. The molecule has 0 amide bonds. The molecule has 1 aromatic rings. The maximum Gasteiger partial charge on any atom is 0.132 e. The highest BCUT2D eigenvalue weighted by atomic mass is 16.3. The van der Waals surface area contributed by atoms with Gasteiger partial charge in [-0.25, -0.2) is 0 Å². The lowest BCUT2D eigenvalue weighted by molar-refractivity contribution is 0.475. The molecule has 0 spiro atoms. The predicted molar refractivity (Wildman–Crippen MR) is 61.1 cm³/mol. The van der Waals surface area contributed by atoms with E-state index >= 15 is 0 Å². The van der Waals surface area contributed by atoms with E-state index in [0.717, 1.165) is 5.56 Å². The molecule has 0 heterocycles. The summed E-state index contributed by atoms with van der Waals surface area (Å²) < 4.78 is 0. The summed E-state index contributed by atoms with van der Waals surface area (Å²) in [6.45, 7) is 1.71. The van der Waals surface area contributed by atoms with Gasteiger partial charge in [0.05, 0.1) is 0 Å². The van der Waals surface area contributed by atoms with Crippen molar-refractivity contribution in [3.05, 3.63) is 47.1 Å². The van der Waals surface area contributed by atoms with Crippen LogP contribution in [0.5, 0.6) is 5.75 Å². The van der Waals surface area contributed by atoms with Gasteiger partial charge in [-0.1, -0.05) is 24.3 Å². The maximum absolute atomic E-state index is 9.08. The number of rotatable bonds is 2. The Morgan fingerprint density at radius 2 is 1.75 bits per heavy atom. The zero-order valence-corrected chi connectivity index (χ0v) is 8.81. The Morgan fingerprint density at radius 1 is 1.19 bits per heavy atom. The van der Waals surface area contributed by atoms with Gasteiger partial charge in [-0.2, -0.15) is 10.5 Å². The van der Waals surface area contributed by atoms with E-state index in [1.165, 1.54) is 0 Å². The molecule has 78 valence electrons. The van der Waals surface area contributed by atoms with Crippen molar-refractivity contribution in [1.29, 1.82) is 10.5 Å². The van der Waals surface area contributed by atoms with Crippen LogP contribution in [0.15, 0.2) is 41.5 Å². The average molecular weight is 210 g/mol. The fourth-order valence-corrected chi connectivity index (χ4v) is 1.09. The minimum atomic E-state index is 0.107. The van der Waals surface area contributed by atoms with E-state index < -0.39 is 0 Å². The van der Waals surface area contributed by atoms with Gasteiger partial charge in [-0.3, -0.25) is 0 Å². The average Bonchev–Trinajstić information content (AvgIpc) is 2.30. The Hall–Kier alpha value is -2.52. The molecule has 0 saturated heterocycles. The minimum Gasteiger partial charge on any atom is -0.508 e. The van der Waals surface area contributed by atoms with Crippen LogP contribution in [0.4, 0.5) is 0 Å². The van der Waals surface area contributed by atoms with Crippen LogP contribution in [0.1, 0.15) is 12.5 Å². The van der Waals surface area contributed by atoms with Crippen LogP contribution >= 0.6 is 0 Å². The second-order valence-corrected chi connectivity index (χ2v) is 3.21. The second kappa shape index (κ2) is 5.38. The molecule has 3 heteroatoms. The molecule has 0 aliphatic carbocycles. The quantitative estimate of drug-likeness (QED) is 0.602. The molecule has 0 fully saturated rings.